The molecule has 0 aliphatic carbocycles. The van der Waals surface area contributed by atoms with E-state index in [1.54, 1.807) is 41.1 Å². The quantitative estimate of drug-likeness (QED) is 0.565. The van der Waals surface area contributed by atoms with Crippen molar-refractivity contribution in [3.63, 3.8) is 0 Å². The molecule has 0 aromatic heterocycles. The Kier molecular flexibility index (Phi) is 7.88. The van der Waals surface area contributed by atoms with E-state index in [0.29, 0.717) is 29.2 Å². The molecule has 0 bridgehead atoms. The van der Waals surface area contributed by atoms with Crippen molar-refractivity contribution in [2.24, 2.45) is 0 Å². The van der Waals surface area contributed by atoms with Gasteiger partial charge < -0.3 is 18.9 Å². The fourth-order valence-corrected chi connectivity index (χ4v) is 2.86. The Labute approximate surface area is 171 Å². The van der Waals surface area contributed by atoms with Gasteiger partial charge in [-0.25, -0.2) is 9.18 Å². The number of methoxy groups -OCH3 is 2. The lowest BCUT2D eigenvalue weighted by atomic mass is 10.0. The van der Waals surface area contributed by atoms with Gasteiger partial charge >= 0.3 is 5.97 Å². The number of carbonyl (C=O) groups is 1. The first-order chi connectivity index (χ1) is 13.7. The third kappa shape index (κ3) is 7.29. The van der Waals surface area contributed by atoms with Crippen molar-refractivity contribution in [3.05, 3.63) is 53.3 Å². The summed E-state index contributed by atoms with van der Waals surface area (Å²) in [5, 5.41) is 0. The predicted octanol–water partition coefficient (Wildman–Crippen LogP) is 4.74. The number of benzene rings is 2. The van der Waals surface area contributed by atoms with Gasteiger partial charge in [-0.05, 0) is 81.5 Å². The van der Waals surface area contributed by atoms with Gasteiger partial charge in [0.25, 0.3) is 0 Å². The number of ether oxygens (including phenoxy) is 4. The standard InChI is InChI=1S/C23H29FO5/c1-23(2,3)29-22(25)15-28-18-10-11-19(24)17(14-18)8-6-7-16-9-12-20(26-4)21(13-16)27-5/h9-14H,6-8,15H2,1-5H3. The predicted molar refractivity (Wildman–Crippen MR) is 109 cm³/mol. The first kappa shape index (κ1) is 22.5. The molecule has 0 fully saturated rings. The fraction of sp³-hybridized carbons (Fsp3) is 0.435. The van der Waals surface area contributed by atoms with Crippen LogP contribution in [0.4, 0.5) is 4.39 Å². The monoisotopic (exact) mass is 404 g/mol. The molecule has 0 atom stereocenters. The van der Waals surface area contributed by atoms with Crippen LogP contribution in [0.1, 0.15) is 38.3 Å². The summed E-state index contributed by atoms with van der Waals surface area (Å²) in [7, 11) is 3.19. The Hall–Kier alpha value is -2.76. The molecule has 0 saturated heterocycles. The molecule has 0 heterocycles. The summed E-state index contributed by atoms with van der Waals surface area (Å²) in [6, 6.07) is 10.3. The second-order valence-corrected chi connectivity index (χ2v) is 7.67. The average Bonchev–Trinajstić information content (AvgIpc) is 2.66. The van der Waals surface area contributed by atoms with Crippen molar-refractivity contribution in [1.29, 1.82) is 0 Å². The number of esters is 1. The third-order valence-corrected chi connectivity index (χ3v) is 4.15. The average molecular weight is 404 g/mol. The van der Waals surface area contributed by atoms with Gasteiger partial charge in [0.15, 0.2) is 18.1 Å². The molecule has 29 heavy (non-hydrogen) atoms. The smallest absolute Gasteiger partial charge is 0.344 e. The molecule has 2 aromatic rings. The van der Waals surface area contributed by atoms with Crippen molar-refractivity contribution in [1.82, 2.24) is 0 Å². The van der Waals surface area contributed by atoms with Gasteiger partial charge in [0.1, 0.15) is 17.2 Å². The van der Waals surface area contributed by atoms with E-state index < -0.39 is 11.6 Å². The summed E-state index contributed by atoms with van der Waals surface area (Å²) in [6.45, 7) is 5.16. The van der Waals surface area contributed by atoms with Gasteiger partial charge in [-0.3, -0.25) is 0 Å². The number of rotatable bonds is 9. The van der Waals surface area contributed by atoms with E-state index in [2.05, 4.69) is 0 Å². The summed E-state index contributed by atoms with van der Waals surface area (Å²) in [4.78, 5) is 11.8. The normalized spacial score (nSPS) is 11.1. The number of carbonyl (C=O) groups excluding carboxylic acids is 1. The lowest BCUT2D eigenvalue weighted by Crippen LogP contribution is -2.27. The molecule has 5 nitrogen and oxygen atoms in total. The molecule has 0 aliphatic rings. The van der Waals surface area contributed by atoms with E-state index in [1.807, 2.05) is 18.2 Å². The van der Waals surface area contributed by atoms with Crippen LogP contribution in [0.2, 0.25) is 0 Å². The number of hydrogen-bond acceptors (Lipinski definition) is 5. The molecule has 6 heteroatoms. The first-order valence-electron chi connectivity index (χ1n) is 9.56. The van der Waals surface area contributed by atoms with Crippen molar-refractivity contribution < 1.29 is 28.1 Å². The highest BCUT2D eigenvalue weighted by Gasteiger charge is 2.17. The van der Waals surface area contributed by atoms with Crippen molar-refractivity contribution in [3.8, 4) is 17.2 Å². The molecule has 0 N–H and O–H groups in total. The van der Waals surface area contributed by atoms with E-state index in [4.69, 9.17) is 18.9 Å². The van der Waals surface area contributed by atoms with Crippen LogP contribution in [0.15, 0.2) is 36.4 Å². The minimum atomic E-state index is -0.571. The molecule has 0 radical (unpaired) electrons. The van der Waals surface area contributed by atoms with Gasteiger partial charge in [-0.2, -0.15) is 0 Å². The summed E-state index contributed by atoms with van der Waals surface area (Å²) in [5.41, 5.74) is 1.06. The van der Waals surface area contributed by atoms with E-state index in [9.17, 15) is 9.18 Å². The van der Waals surface area contributed by atoms with Crippen molar-refractivity contribution in [2.75, 3.05) is 20.8 Å². The van der Waals surface area contributed by atoms with Crippen LogP contribution < -0.4 is 14.2 Å². The molecule has 0 unspecified atom stereocenters. The Morgan fingerprint density at radius 3 is 2.34 bits per heavy atom. The Bertz CT molecular complexity index is 827. The molecule has 2 aromatic carbocycles. The molecular formula is C23H29FO5. The molecule has 0 aliphatic heterocycles. The van der Waals surface area contributed by atoms with E-state index in [-0.39, 0.29) is 12.4 Å². The third-order valence-electron chi connectivity index (χ3n) is 4.15. The Morgan fingerprint density at radius 2 is 1.69 bits per heavy atom. The highest BCUT2D eigenvalue weighted by Crippen LogP contribution is 2.28. The summed E-state index contributed by atoms with van der Waals surface area (Å²) in [6.07, 6.45) is 2.06. The van der Waals surface area contributed by atoms with Gasteiger partial charge in [0.2, 0.25) is 0 Å². The van der Waals surface area contributed by atoms with Crippen molar-refractivity contribution in [2.45, 2.75) is 45.6 Å². The Balaban J connectivity index is 1.92. The SMILES string of the molecule is COc1ccc(CCCc2cc(OCC(=O)OC(C)(C)C)ccc2F)cc1OC. The Morgan fingerprint density at radius 1 is 0.966 bits per heavy atom. The van der Waals surface area contributed by atoms with E-state index >= 15 is 0 Å². The van der Waals surface area contributed by atoms with Gasteiger partial charge in [-0.1, -0.05) is 6.07 Å². The van der Waals surface area contributed by atoms with Crippen LogP contribution in [0, 0.1) is 5.82 Å². The molecular weight excluding hydrogens is 375 g/mol. The van der Waals surface area contributed by atoms with Crippen LogP contribution in [-0.4, -0.2) is 32.4 Å². The molecule has 0 spiro atoms. The molecule has 2 rings (SSSR count). The zero-order valence-corrected chi connectivity index (χ0v) is 17.7. The minimum Gasteiger partial charge on any atom is -0.493 e. The zero-order valence-electron chi connectivity index (χ0n) is 17.7. The van der Waals surface area contributed by atoms with Gasteiger partial charge in [0.05, 0.1) is 14.2 Å². The fourth-order valence-electron chi connectivity index (χ4n) is 2.86. The van der Waals surface area contributed by atoms with Crippen LogP contribution in [0.25, 0.3) is 0 Å². The van der Waals surface area contributed by atoms with Crippen LogP contribution in [0.5, 0.6) is 17.2 Å². The highest BCUT2D eigenvalue weighted by molar-refractivity contribution is 5.71. The number of halogens is 1. The maximum absolute atomic E-state index is 14.2. The summed E-state index contributed by atoms with van der Waals surface area (Å²) >= 11 is 0. The van der Waals surface area contributed by atoms with E-state index in [1.165, 1.54) is 12.1 Å². The second-order valence-electron chi connectivity index (χ2n) is 7.67. The van der Waals surface area contributed by atoms with Gasteiger partial charge in [0, 0.05) is 0 Å². The topological polar surface area (TPSA) is 54.0 Å². The lowest BCUT2D eigenvalue weighted by molar-refractivity contribution is -0.157. The van der Waals surface area contributed by atoms with Crippen LogP contribution in [0.3, 0.4) is 0 Å². The maximum Gasteiger partial charge on any atom is 0.344 e. The first-order valence-corrected chi connectivity index (χ1v) is 9.56. The number of hydrogen-bond donors (Lipinski definition) is 0. The summed E-state index contributed by atoms with van der Waals surface area (Å²) in [5.74, 6) is 1.04. The van der Waals surface area contributed by atoms with Crippen LogP contribution >= 0.6 is 0 Å². The lowest BCUT2D eigenvalue weighted by Gasteiger charge is -2.19. The van der Waals surface area contributed by atoms with Gasteiger partial charge in [-0.15, -0.1) is 0 Å². The zero-order chi connectivity index (χ0) is 21.4. The molecule has 0 amide bonds. The highest BCUT2D eigenvalue weighted by atomic mass is 19.1. The molecule has 0 saturated carbocycles. The van der Waals surface area contributed by atoms with Crippen LogP contribution in [-0.2, 0) is 22.4 Å². The largest absolute Gasteiger partial charge is 0.493 e. The second kappa shape index (κ2) is 10.1. The maximum atomic E-state index is 14.2. The van der Waals surface area contributed by atoms with E-state index in [0.717, 1.165) is 18.4 Å². The number of aryl methyl sites for hydroxylation is 2. The molecule has 158 valence electrons. The minimum absolute atomic E-state index is 0.214. The van der Waals surface area contributed by atoms with Crippen molar-refractivity contribution >= 4 is 5.97 Å². The summed E-state index contributed by atoms with van der Waals surface area (Å²) < 4.78 is 35.4.